The first-order chi connectivity index (χ1) is 7.90. The van der Waals surface area contributed by atoms with Crippen LogP contribution in [-0.4, -0.2) is 19.2 Å². The normalized spacial score (nSPS) is 30.4. The third kappa shape index (κ3) is 3.03. The average Bonchev–Trinajstić information content (AvgIpc) is 2.47. The number of alkyl halides is 3. The monoisotopic (exact) mass is 315 g/mol. The number of carbonyl (C=O) groups is 2. The van der Waals surface area contributed by atoms with Crippen molar-refractivity contribution in [1.29, 1.82) is 0 Å². The topological polar surface area (TPSA) is 37.4 Å². The molecule has 2 fully saturated rings. The highest BCUT2D eigenvalue weighted by molar-refractivity contribution is 8.03. The minimum absolute atomic E-state index is 0.196. The Balaban J connectivity index is 2.16. The zero-order chi connectivity index (χ0) is 12.6. The molecule has 1 aliphatic heterocycles. The molecule has 3 nitrogen and oxygen atoms in total. The molecule has 0 N–H and O–H groups in total. The molecule has 2 rings (SSSR count). The number of imide groups is 1. The van der Waals surface area contributed by atoms with Gasteiger partial charge in [0.1, 0.15) is 0 Å². The summed E-state index contributed by atoms with van der Waals surface area (Å²) >= 11 is 17.5. The van der Waals surface area contributed by atoms with Crippen molar-refractivity contribution in [2.45, 2.75) is 35.2 Å². The van der Waals surface area contributed by atoms with Crippen LogP contribution >= 0.6 is 46.8 Å². The van der Waals surface area contributed by atoms with Crippen LogP contribution in [0.4, 0.5) is 0 Å². The van der Waals surface area contributed by atoms with E-state index in [1.54, 1.807) is 0 Å². The summed E-state index contributed by atoms with van der Waals surface area (Å²) in [5.74, 6) is -0.800. The van der Waals surface area contributed by atoms with Crippen molar-refractivity contribution >= 4 is 58.6 Å². The molecule has 0 bridgehead atoms. The maximum atomic E-state index is 12.1. The van der Waals surface area contributed by atoms with Crippen LogP contribution in [0.15, 0.2) is 0 Å². The van der Waals surface area contributed by atoms with Crippen molar-refractivity contribution in [1.82, 2.24) is 4.31 Å². The fourth-order valence-corrected chi connectivity index (χ4v) is 3.78. The fourth-order valence-electron chi connectivity index (χ4n) is 2.50. The van der Waals surface area contributed by atoms with Crippen molar-refractivity contribution in [3.8, 4) is 0 Å². The number of hydrogen-bond donors (Lipinski definition) is 0. The summed E-state index contributed by atoms with van der Waals surface area (Å²) in [6.07, 6.45) is 4.61. The van der Waals surface area contributed by atoms with E-state index in [4.69, 9.17) is 34.8 Å². The van der Waals surface area contributed by atoms with Crippen molar-refractivity contribution in [2.75, 3.05) is 0 Å². The highest BCUT2D eigenvalue weighted by atomic mass is 35.6. The predicted molar refractivity (Wildman–Crippen MR) is 69.8 cm³/mol. The molecule has 1 saturated carbocycles. The number of hydrogen-bond acceptors (Lipinski definition) is 3. The van der Waals surface area contributed by atoms with E-state index < -0.39 is 3.12 Å². The van der Waals surface area contributed by atoms with Crippen LogP contribution in [0.5, 0.6) is 0 Å². The minimum Gasteiger partial charge on any atom is -0.273 e. The van der Waals surface area contributed by atoms with E-state index in [1.807, 2.05) is 0 Å². The number of fused-ring (bicyclic) bond motifs is 1. The molecule has 1 saturated heterocycles. The predicted octanol–water partition coefficient (Wildman–Crippen LogP) is 3.53. The Bertz CT molecular complexity index is 321. The van der Waals surface area contributed by atoms with Gasteiger partial charge < -0.3 is 0 Å². The van der Waals surface area contributed by atoms with Crippen molar-refractivity contribution < 1.29 is 9.59 Å². The van der Waals surface area contributed by atoms with Crippen LogP contribution in [-0.2, 0) is 9.59 Å². The van der Waals surface area contributed by atoms with E-state index in [0.717, 1.165) is 36.4 Å². The largest absolute Gasteiger partial charge is 0.273 e. The van der Waals surface area contributed by atoms with Crippen molar-refractivity contribution in [3.05, 3.63) is 0 Å². The van der Waals surface area contributed by atoms with E-state index in [0.29, 0.717) is 11.9 Å². The lowest BCUT2D eigenvalue weighted by Crippen LogP contribution is -2.27. The van der Waals surface area contributed by atoms with Crippen LogP contribution < -0.4 is 0 Å². The average molecular weight is 317 g/mol. The smallest absolute Gasteiger partial charge is 0.256 e. The maximum absolute atomic E-state index is 12.1. The molecule has 2 amide bonds. The Hall–Kier alpha value is 0.360. The van der Waals surface area contributed by atoms with E-state index in [1.165, 1.54) is 0 Å². The molecule has 1 aliphatic carbocycles. The van der Waals surface area contributed by atoms with Gasteiger partial charge in [0.05, 0.1) is 11.8 Å². The van der Waals surface area contributed by atoms with Gasteiger partial charge in [0, 0.05) is 11.9 Å². The zero-order valence-electron chi connectivity index (χ0n) is 9.00. The van der Waals surface area contributed by atoms with Gasteiger partial charge in [0.25, 0.3) is 3.12 Å². The lowest BCUT2D eigenvalue weighted by atomic mass is 9.91. The lowest BCUT2D eigenvalue weighted by molar-refractivity contribution is -0.133. The second-order valence-electron chi connectivity index (χ2n) is 4.36. The van der Waals surface area contributed by atoms with Gasteiger partial charge in [-0.15, -0.1) is 0 Å². The van der Waals surface area contributed by atoms with Gasteiger partial charge in [0.2, 0.25) is 11.8 Å². The Labute approximate surface area is 119 Å². The second kappa shape index (κ2) is 5.16. The summed E-state index contributed by atoms with van der Waals surface area (Å²) in [4.78, 5) is 24.2. The van der Waals surface area contributed by atoms with E-state index in [2.05, 4.69) is 0 Å². The summed E-state index contributed by atoms with van der Waals surface area (Å²) < 4.78 is -0.622. The number of nitrogens with zero attached hydrogens (tertiary/aromatic N) is 1. The summed E-state index contributed by atoms with van der Waals surface area (Å²) in [7, 11) is 0. The van der Waals surface area contributed by atoms with Gasteiger partial charge in [-0.2, -0.15) is 0 Å². The fraction of sp³-hybridized carbons (Fsp3) is 0.800. The summed E-state index contributed by atoms with van der Waals surface area (Å²) in [5.41, 5.74) is 0. The zero-order valence-corrected chi connectivity index (χ0v) is 12.1. The number of halogens is 3. The first kappa shape index (κ1) is 13.8. The van der Waals surface area contributed by atoms with Crippen LogP contribution in [0.2, 0.25) is 0 Å². The molecule has 0 aromatic heterocycles. The number of rotatable bonds is 1. The standard InChI is InChI=1S/C10H12Cl3NO2S/c11-10(12,13)17-14-8(15)6-4-2-1-3-5-7(6)9(14)16/h6-7H,1-5H2. The SMILES string of the molecule is O=C1C2CCCCCC2C(=O)N1SC(Cl)(Cl)Cl. The highest BCUT2D eigenvalue weighted by Gasteiger charge is 2.49. The van der Waals surface area contributed by atoms with Gasteiger partial charge in [-0.25, -0.2) is 4.31 Å². The van der Waals surface area contributed by atoms with Gasteiger partial charge in [-0.1, -0.05) is 54.1 Å². The summed E-state index contributed by atoms with van der Waals surface area (Å²) in [6, 6.07) is 0. The molecule has 0 radical (unpaired) electrons. The molecule has 0 aromatic carbocycles. The molecule has 2 atom stereocenters. The van der Waals surface area contributed by atoms with Crippen molar-refractivity contribution in [3.63, 3.8) is 0 Å². The highest BCUT2D eigenvalue weighted by Crippen LogP contribution is 2.47. The summed E-state index contributed by atoms with van der Waals surface area (Å²) in [6.45, 7) is 0. The number of amides is 2. The van der Waals surface area contributed by atoms with Gasteiger partial charge >= 0.3 is 0 Å². The number of carbonyl (C=O) groups excluding carboxylic acids is 2. The van der Waals surface area contributed by atoms with E-state index >= 15 is 0 Å². The van der Waals surface area contributed by atoms with Gasteiger partial charge in [-0.05, 0) is 12.8 Å². The van der Waals surface area contributed by atoms with Gasteiger partial charge in [0.15, 0.2) is 0 Å². The van der Waals surface area contributed by atoms with Crippen molar-refractivity contribution in [2.24, 2.45) is 11.8 Å². The molecule has 0 spiro atoms. The van der Waals surface area contributed by atoms with E-state index in [-0.39, 0.29) is 23.7 Å². The molecule has 1 heterocycles. The lowest BCUT2D eigenvalue weighted by Gasteiger charge is -2.18. The third-order valence-corrected chi connectivity index (χ3v) is 4.62. The maximum Gasteiger partial charge on any atom is 0.256 e. The van der Waals surface area contributed by atoms with Gasteiger partial charge in [-0.3, -0.25) is 9.59 Å². The third-order valence-electron chi connectivity index (χ3n) is 3.25. The molecular weight excluding hydrogens is 305 g/mol. The Morgan fingerprint density at radius 2 is 1.47 bits per heavy atom. The van der Waals surface area contributed by atoms with Crippen LogP contribution in [0.25, 0.3) is 0 Å². The quantitative estimate of drug-likeness (QED) is 0.422. The Morgan fingerprint density at radius 3 is 1.88 bits per heavy atom. The molecule has 7 heteroatoms. The minimum atomic E-state index is -1.67. The second-order valence-corrected chi connectivity index (χ2v) is 8.47. The molecule has 96 valence electrons. The molecule has 17 heavy (non-hydrogen) atoms. The Morgan fingerprint density at radius 1 is 1.00 bits per heavy atom. The van der Waals surface area contributed by atoms with Crippen LogP contribution in [0, 0.1) is 11.8 Å². The summed E-state index contributed by atoms with van der Waals surface area (Å²) in [5, 5.41) is 0. The van der Waals surface area contributed by atoms with Crippen LogP contribution in [0.1, 0.15) is 32.1 Å². The molecule has 2 unspecified atom stereocenters. The van der Waals surface area contributed by atoms with Crippen LogP contribution in [0.3, 0.4) is 0 Å². The van der Waals surface area contributed by atoms with E-state index in [9.17, 15) is 9.59 Å². The Kier molecular flexibility index (Phi) is 4.18. The molecule has 2 aliphatic rings. The molecule has 0 aromatic rings. The first-order valence-electron chi connectivity index (χ1n) is 5.54. The molecular formula is C10H12Cl3NO2S. The first-order valence-corrected chi connectivity index (χ1v) is 7.44.